The fourth-order valence-electron chi connectivity index (χ4n) is 2.75. The number of benzene rings is 1. The van der Waals surface area contributed by atoms with Gasteiger partial charge in [0.05, 0.1) is 6.10 Å². The minimum Gasteiger partial charge on any atom is -0.393 e. The van der Waals surface area contributed by atoms with Gasteiger partial charge in [0.2, 0.25) is 0 Å². The third kappa shape index (κ3) is 3.80. The molecule has 1 aromatic carbocycles. The molecule has 19 heavy (non-hydrogen) atoms. The Kier molecular flexibility index (Phi) is 4.59. The van der Waals surface area contributed by atoms with Crippen LogP contribution in [0.25, 0.3) is 0 Å². The number of nitrogens with one attached hydrogen (secondary N) is 1. The summed E-state index contributed by atoms with van der Waals surface area (Å²) >= 11 is 0. The Morgan fingerprint density at radius 3 is 2.63 bits per heavy atom. The van der Waals surface area contributed by atoms with E-state index in [1.54, 1.807) is 6.92 Å². The Hall–Kier alpha value is -1.35. The molecule has 0 saturated heterocycles. The molecule has 3 nitrogen and oxygen atoms in total. The van der Waals surface area contributed by atoms with Crippen molar-refractivity contribution in [3.63, 3.8) is 0 Å². The summed E-state index contributed by atoms with van der Waals surface area (Å²) in [5.74, 6) is -0.0403. The van der Waals surface area contributed by atoms with E-state index in [1.807, 2.05) is 19.1 Å². The lowest BCUT2D eigenvalue weighted by molar-refractivity contribution is 0.0923. The van der Waals surface area contributed by atoms with E-state index in [1.165, 1.54) is 24.0 Å². The standard InChI is InChI=1S/C16H23NO2/c1-11(9-12(2)18)17-16(19)15-8-7-13-5-3-4-6-14(13)10-15/h7-8,10-12,18H,3-6,9H2,1-2H3,(H,17,19). The number of aliphatic hydroxyl groups is 1. The minimum atomic E-state index is -0.390. The van der Waals surface area contributed by atoms with E-state index in [0.29, 0.717) is 6.42 Å². The third-order valence-corrected chi connectivity index (χ3v) is 3.68. The summed E-state index contributed by atoms with van der Waals surface area (Å²) in [5.41, 5.74) is 3.44. The molecular weight excluding hydrogens is 238 g/mol. The molecule has 1 aromatic rings. The molecule has 2 atom stereocenters. The highest BCUT2D eigenvalue weighted by atomic mass is 16.3. The lowest BCUT2D eigenvalue weighted by atomic mass is 9.90. The summed E-state index contributed by atoms with van der Waals surface area (Å²) in [4.78, 5) is 12.1. The summed E-state index contributed by atoms with van der Waals surface area (Å²) in [6, 6.07) is 6.01. The van der Waals surface area contributed by atoms with Crippen molar-refractivity contribution in [2.75, 3.05) is 0 Å². The van der Waals surface area contributed by atoms with Gasteiger partial charge >= 0.3 is 0 Å². The fourth-order valence-corrected chi connectivity index (χ4v) is 2.75. The normalized spacial score (nSPS) is 17.4. The molecule has 0 saturated carbocycles. The molecule has 0 bridgehead atoms. The number of amides is 1. The van der Waals surface area contributed by atoms with Crippen LogP contribution in [0.1, 0.15) is 54.6 Å². The smallest absolute Gasteiger partial charge is 0.251 e. The van der Waals surface area contributed by atoms with Crippen molar-refractivity contribution in [2.45, 2.75) is 58.1 Å². The van der Waals surface area contributed by atoms with Crippen LogP contribution in [0.5, 0.6) is 0 Å². The molecule has 0 fully saturated rings. The lowest BCUT2D eigenvalue weighted by Gasteiger charge is -2.18. The van der Waals surface area contributed by atoms with Gasteiger partial charge in [-0.25, -0.2) is 0 Å². The quantitative estimate of drug-likeness (QED) is 0.874. The van der Waals surface area contributed by atoms with Crippen LogP contribution in [0, 0.1) is 0 Å². The highest BCUT2D eigenvalue weighted by Crippen LogP contribution is 2.22. The molecule has 2 rings (SSSR count). The first-order chi connectivity index (χ1) is 9.06. The Labute approximate surface area is 115 Å². The molecule has 0 heterocycles. The fraction of sp³-hybridized carbons (Fsp3) is 0.562. The van der Waals surface area contributed by atoms with Crippen LogP contribution in [0.4, 0.5) is 0 Å². The summed E-state index contributed by atoms with van der Waals surface area (Å²) in [7, 11) is 0. The Morgan fingerprint density at radius 2 is 1.95 bits per heavy atom. The SMILES string of the molecule is CC(O)CC(C)NC(=O)c1ccc2c(c1)CCCC2. The van der Waals surface area contributed by atoms with Crippen molar-refractivity contribution in [3.8, 4) is 0 Å². The Morgan fingerprint density at radius 1 is 1.26 bits per heavy atom. The van der Waals surface area contributed by atoms with Crippen LogP contribution in [-0.4, -0.2) is 23.2 Å². The van der Waals surface area contributed by atoms with Gasteiger partial charge in [0.15, 0.2) is 0 Å². The summed E-state index contributed by atoms with van der Waals surface area (Å²) in [5, 5.41) is 12.2. The van der Waals surface area contributed by atoms with Crippen molar-refractivity contribution in [1.29, 1.82) is 0 Å². The van der Waals surface area contributed by atoms with Gasteiger partial charge in [0, 0.05) is 11.6 Å². The maximum absolute atomic E-state index is 12.1. The molecule has 1 aliphatic rings. The van der Waals surface area contributed by atoms with E-state index in [-0.39, 0.29) is 18.1 Å². The topological polar surface area (TPSA) is 49.3 Å². The maximum atomic E-state index is 12.1. The van der Waals surface area contributed by atoms with E-state index in [0.717, 1.165) is 18.4 Å². The summed E-state index contributed by atoms with van der Waals surface area (Å²) < 4.78 is 0. The monoisotopic (exact) mass is 261 g/mol. The van der Waals surface area contributed by atoms with E-state index in [4.69, 9.17) is 0 Å². The summed E-state index contributed by atoms with van der Waals surface area (Å²) in [6.07, 6.45) is 4.88. The maximum Gasteiger partial charge on any atom is 0.251 e. The van der Waals surface area contributed by atoms with Crippen molar-refractivity contribution in [1.82, 2.24) is 5.32 Å². The van der Waals surface area contributed by atoms with Gasteiger partial charge in [-0.1, -0.05) is 6.07 Å². The van der Waals surface area contributed by atoms with Gasteiger partial charge in [-0.05, 0) is 69.2 Å². The minimum absolute atomic E-state index is 0.0106. The zero-order valence-electron chi connectivity index (χ0n) is 11.8. The first-order valence-corrected chi connectivity index (χ1v) is 7.17. The molecule has 1 aliphatic carbocycles. The van der Waals surface area contributed by atoms with Crippen LogP contribution >= 0.6 is 0 Å². The second-order valence-electron chi connectivity index (χ2n) is 5.65. The molecule has 3 heteroatoms. The predicted molar refractivity (Wildman–Crippen MR) is 76.3 cm³/mol. The first kappa shape index (κ1) is 14.1. The van der Waals surface area contributed by atoms with Gasteiger partial charge < -0.3 is 10.4 Å². The highest BCUT2D eigenvalue weighted by molar-refractivity contribution is 5.94. The Bertz CT molecular complexity index is 454. The van der Waals surface area contributed by atoms with Crippen molar-refractivity contribution < 1.29 is 9.90 Å². The lowest BCUT2D eigenvalue weighted by Crippen LogP contribution is -2.34. The predicted octanol–water partition coefficient (Wildman–Crippen LogP) is 2.45. The average Bonchev–Trinajstić information content (AvgIpc) is 2.37. The number of carbonyl (C=O) groups excluding carboxylic acids is 1. The van der Waals surface area contributed by atoms with Gasteiger partial charge in [-0.2, -0.15) is 0 Å². The van der Waals surface area contributed by atoms with Crippen LogP contribution < -0.4 is 5.32 Å². The average molecular weight is 261 g/mol. The number of hydrogen-bond acceptors (Lipinski definition) is 2. The molecule has 104 valence electrons. The largest absolute Gasteiger partial charge is 0.393 e. The first-order valence-electron chi connectivity index (χ1n) is 7.17. The molecule has 0 aliphatic heterocycles. The van der Waals surface area contributed by atoms with E-state index >= 15 is 0 Å². The van der Waals surface area contributed by atoms with Crippen LogP contribution in [0.3, 0.4) is 0 Å². The zero-order chi connectivity index (χ0) is 13.8. The molecule has 0 aromatic heterocycles. The van der Waals surface area contributed by atoms with Gasteiger partial charge in [0.25, 0.3) is 5.91 Å². The van der Waals surface area contributed by atoms with Gasteiger partial charge in [-0.3, -0.25) is 4.79 Å². The molecular formula is C16H23NO2. The van der Waals surface area contributed by atoms with Crippen molar-refractivity contribution in [3.05, 3.63) is 34.9 Å². The van der Waals surface area contributed by atoms with E-state index in [9.17, 15) is 9.90 Å². The number of hydrogen-bond donors (Lipinski definition) is 2. The molecule has 2 N–H and O–H groups in total. The molecule has 0 radical (unpaired) electrons. The third-order valence-electron chi connectivity index (χ3n) is 3.68. The van der Waals surface area contributed by atoms with Gasteiger partial charge in [-0.15, -0.1) is 0 Å². The number of aliphatic hydroxyl groups excluding tert-OH is 1. The second kappa shape index (κ2) is 6.20. The zero-order valence-corrected chi connectivity index (χ0v) is 11.8. The van der Waals surface area contributed by atoms with Crippen LogP contribution in [0.15, 0.2) is 18.2 Å². The Balaban J connectivity index is 2.03. The molecule has 1 amide bonds. The van der Waals surface area contributed by atoms with Crippen LogP contribution in [0.2, 0.25) is 0 Å². The van der Waals surface area contributed by atoms with Gasteiger partial charge in [0.1, 0.15) is 0 Å². The number of carbonyl (C=O) groups is 1. The van der Waals surface area contributed by atoms with Crippen molar-refractivity contribution >= 4 is 5.91 Å². The number of aryl methyl sites for hydroxylation is 2. The second-order valence-corrected chi connectivity index (χ2v) is 5.65. The summed E-state index contributed by atoms with van der Waals surface area (Å²) in [6.45, 7) is 3.66. The molecule has 0 spiro atoms. The van der Waals surface area contributed by atoms with Crippen LogP contribution in [-0.2, 0) is 12.8 Å². The number of rotatable bonds is 4. The number of fused-ring (bicyclic) bond motifs is 1. The van der Waals surface area contributed by atoms with E-state index in [2.05, 4.69) is 11.4 Å². The van der Waals surface area contributed by atoms with Crippen molar-refractivity contribution in [2.24, 2.45) is 0 Å². The van der Waals surface area contributed by atoms with E-state index < -0.39 is 0 Å². The molecule has 2 unspecified atom stereocenters. The highest BCUT2D eigenvalue weighted by Gasteiger charge is 2.15.